The minimum atomic E-state index is -0.361. The quantitative estimate of drug-likeness (QED) is 0.304. The summed E-state index contributed by atoms with van der Waals surface area (Å²) in [6, 6.07) is 18.3. The van der Waals surface area contributed by atoms with Gasteiger partial charge < -0.3 is 9.14 Å². The van der Waals surface area contributed by atoms with E-state index in [1.54, 1.807) is 19.1 Å². The van der Waals surface area contributed by atoms with Gasteiger partial charge in [0.25, 0.3) is 0 Å². The predicted octanol–water partition coefficient (Wildman–Crippen LogP) is 6.30. The summed E-state index contributed by atoms with van der Waals surface area (Å²) in [7, 11) is 0. The Morgan fingerprint density at radius 2 is 1.81 bits per heavy atom. The summed E-state index contributed by atoms with van der Waals surface area (Å²) in [5, 5.41) is 0. The molecule has 31 heavy (non-hydrogen) atoms. The number of nitrogens with zero attached hydrogens (tertiary/aromatic N) is 2. The second kappa shape index (κ2) is 9.02. The van der Waals surface area contributed by atoms with Gasteiger partial charge in [0.1, 0.15) is 11.5 Å². The number of hydrogen-bond acceptors (Lipinski definition) is 3. The molecular formula is C25H22BrFN2O2. The van der Waals surface area contributed by atoms with Crippen molar-refractivity contribution < 1.29 is 13.9 Å². The summed E-state index contributed by atoms with van der Waals surface area (Å²) in [6.07, 6.45) is 2.07. The third kappa shape index (κ3) is 4.54. The summed E-state index contributed by atoms with van der Waals surface area (Å²) < 4.78 is 21.8. The molecule has 2 aromatic carbocycles. The van der Waals surface area contributed by atoms with Crippen LogP contribution in [0.15, 0.2) is 71.3 Å². The van der Waals surface area contributed by atoms with Gasteiger partial charge in [-0.2, -0.15) is 0 Å². The average Bonchev–Trinajstić information content (AvgIpc) is 3.12. The SMILES string of the molecule is CCOC(=O)CC(c1ccc(F)cc1)c1c(-c2ccc(C)cc2)nc2ccc(Br)cn12. The van der Waals surface area contributed by atoms with Crippen LogP contribution in [0.3, 0.4) is 0 Å². The Morgan fingerprint density at radius 1 is 1.10 bits per heavy atom. The van der Waals surface area contributed by atoms with Gasteiger partial charge in [0.05, 0.1) is 24.4 Å². The molecule has 2 aromatic heterocycles. The van der Waals surface area contributed by atoms with E-state index >= 15 is 0 Å². The predicted molar refractivity (Wildman–Crippen MR) is 123 cm³/mol. The lowest BCUT2D eigenvalue weighted by atomic mass is 9.89. The lowest BCUT2D eigenvalue weighted by Gasteiger charge is -2.19. The molecule has 0 saturated heterocycles. The van der Waals surface area contributed by atoms with Gasteiger partial charge in [0, 0.05) is 22.2 Å². The molecule has 4 aromatic rings. The minimum absolute atomic E-state index is 0.124. The van der Waals surface area contributed by atoms with Crippen molar-refractivity contribution in [3.05, 3.63) is 94.0 Å². The molecule has 0 radical (unpaired) electrons. The van der Waals surface area contributed by atoms with Gasteiger partial charge >= 0.3 is 5.97 Å². The van der Waals surface area contributed by atoms with E-state index < -0.39 is 0 Å². The number of esters is 1. The molecule has 0 saturated carbocycles. The van der Waals surface area contributed by atoms with Crippen molar-refractivity contribution in [2.24, 2.45) is 0 Å². The molecule has 2 heterocycles. The molecule has 0 spiro atoms. The molecule has 0 aliphatic rings. The van der Waals surface area contributed by atoms with Crippen LogP contribution >= 0.6 is 15.9 Å². The molecule has 0 bridgehead atoms. The number of aromatic nitrogens is 2. The topological polar surface area (TPSA) is 43.6 Å². The second-order valence-electron chi connectivity index (χ2n) is 7.40. The molecule has 4 rings (SSSR count). The summed E-state index contributed by atoms with van der Waals surface area (Å²) in [5.41, 5.74) is 5.35. The van der Waals surface area contributed by atoms with E-state index in [-0.39, 0.29) is 24.1 Å². The number of hydrogen-bond donors (Lipinski definition) is 0. The number of carbonyl (C=O) groups excluding carboxylic acids is 1. The van der Waals surface area contributed by atoms with E-state index in [9.17, 15) is 9.18 Å². The molecule has 4 nitrogen and oxygen atoms in total. The summed E-state index contributed by atoms with van der Waals surface area (Å²) in [4.78, 5) is 17.4. The molecular weight excluding hydrogens is 459 g/mol. The Kier molecular flexibility index (Phi) is 6.18. The lowest BCUT2D eigenvalue weighted by molar-refractivity contribution is -0.143. The molecule has 158 valence electrons. The number of imidazole rings is 1. The normalized spacial score (nSPS) is 12.1. The maximum Gasteiger partial charge on any atom is 0.306 e. The molecule has 1 unspecified atom stereocenters. The summed E-state index contributed by atoms with van der Waals surface area (Å²) in [5.74, 6) is -0.991. The highest BCUT2D eigenvalue weighted by molar-refractivity contribution is 9.10. The zero-order chi connectivity index (χ0) is 22.0. The molecule has 0 aliphatic heterocycles. The van der Waals surface area contributed by atoms with Crippen LogP contribution in [-0.4, -0.2) is 22.0 Å². The van der Waals surface area contributed by atoms with Gasteiger partial charge in [-0.3, -0.25) is 4.79 Å². The Bertz CT molecular complexity index is 1220. The third-order valence-electron chi connectivity index (χ3n) is 5.22. The molecule has 0 aliphatic carbocycles. The van der Waals surface area contributed by atoms with Crippen molar-refractivity contribution in [3.63, 3.8) is 0 Å². The molecule has 6 heteroatoms. The second-order valence-corrected chi connectivity index (χ2v) is 8.32. The number of halogens is 2. The fraction of sp³-hybridized carbons (Fsp3) is 0.200. The number of aryl methyl sites for hydroxylation is 1. The third-order valence-corrected chi connectivity index (χ3v) is 5.69. The van der Waals surface area contributed by atoms with Crippen LogP contribution in [0.1, 0.15) is 36.1 Å². The van der Waals surface area contributed by atoms with Crippen molar-refractivity contribution in [2.75, 3.05) is 6.61 Å². The van der Waals surface area contributed by atoms with Crippen LogP contribution in [0.5, 0.6) is 0 Å². The van der Waals surface area contributed by atoms with Crippen LogP contribution in [-0.2, 0) is 9.53 Å². The molecule has 0 N–H and O–H groups in total. The van der Waals surface area contributed by atoms with Gasteiger partial charge in [0.15, 0.2) is 0 Å². The number of pyridine rings is 1. The van der Waals surface area contributed by atoms with E-state index in [2.05, 4.69) is 15.9 Å². The van der Waals surface area contributed by atoms with E-state index in [1.165, 1.54) is 12.1 Å². The van der Waals surface area contributed by atoms with E-state index in [4.69, 9.17) is 9.72 Å². The first-order valence-electron chi connectivity index (χ1n) is 10.1. The van der Waals surface area contributed by atoms with Crippen molar-refractivity contribution >= 4 is 27.5 Å². The number of carbonyl (C=O) groups is 1. The van der Waals surface area contributed by atoms with Gasteiger partial charge in [-0.05, 0) is 59.6 Å². The van der Waals surface area contributed by atoms with Gasteiger partial charge in [0.2, 0.25) is 0 Å². The van der Waals surface area contributed by atoms with Crippen LogP contribution in [0.4, 0.5) is 4.39 Å². The molecule has 0 fully saturated rings. The van der Waals surface area contributed by atoms with Gasteiger partial charge in [-0.15, -0.1) is 0 Å². The van der Waals surface area contributed by atoms with Crippen LogP contribution in [0, 0.1) is 12.7 Å². The standard InChI is InChI=1S/C25H22BrFN2O2/c1-3-31-23(30)14-21(17-8-11-20(27)12-9-17)25-24(18-6-4-16(2)5-7-18)28-22-13-10-19(26)15-29(22)25/h4-13,15,21H,3,14H2,1-2H3. The summed E-state index contributed by atoms with van der Waals surface area (Å²) in [6.45, 7) is 4.12. The molecule has 1 atom stereocenters. The van der Waals surface area contributed by atoms with E-state index in [1.807, 2.05) is 53.9 Å². The van der Waals surface area contributed by atoms with Crippen LogP contribution in [0.2, 0.25) is 0 Å². The highest BCUT2D eigenvalue weighted by Gasteiger charge is 2.27. The first kappa shape index (κ1) is 21.2. The average molecular weight is 481 g/mol. The van der Waals surface area contributed by atoms with Crippen molar-refractivity contribution in [3.8, 4) is 11.3 Å². The highest BCUT2D eigenvalue weighted by atomic mass is 79.9. The van der Waals surface area contributed by atoms with Gasteiger partial charge in [-0.25, -0.2) is 9.37 Å². The Morgan fingerprint density at radius 3 is 2.48 bits per heavy atom. The minimum Gasteiger partial charge on any atom is -0.466 e. The molecule has 0 amide bonds. The maximum absolute atomic E-state index is 13.6. The first-order chi connectivity index (χ1) is 15.0. The Balaban J connectivity index is 1.96. The maximum atomic E-state index is 13.6. The fourth-order valence-electron chi connectivity index (χ4n) is 3.75. The smallest absolute Gasteiger partial charge is 0.306 e. The van der Waals surface area contributed by atoms with Crippen molar-refractivity contribution in [2.45, 2.75) is 26.2 Å². The number of ether oxygens (including phenoxy) is 1. The Hall–Kier alpha value is -2.99. The van der Waals surface area contributed by atoms with Gasteiger partial charge in [-0.1, -0.05) is 42.0 Å². The first-order valence-corrected chi connectivity index (χ1v) is 10.9. The van der Waals surface area contributed by atoms with Crippen LogP contribution in [0.25, 0.3) is 16.9 Å². The number of fused-ring (bicyclic) bond motifs is 1. The summed E-state index contributed by atoms with van der Waals surface area (Å²) >= 11 is 3.54. The monoisotopic (exact) mass is 480 g/mol. The Labute approximate surface area is 188 Å². The number of benzene rings is 2. The van der Waals surface area contributed by atoms with E-state index in [0.29, 0.717) is 6.61 Å². The van der Waals surface area contributed by atoms with E-state index in [0.717, 1.165) is 38.2 Å². The van der Waals surface area contributed by atoms with Crippen molar-refractivity contribution in [1.82, 2.24) is 9.38 Å². The fourth-order valence-corrected chi connectivity index (χ4v) is 4.08. The largest absolute Gasteiger partial charge is 0.466 e. The highest BCUT2D eigenvalue weighted by Crippen LogP contribution is 2.37. The zero-order valence-corrected chi connectivity index (χ0v) is 18.9. The number of rotatable bonds is 6. The van der Waals surface area contributed by atoms with Crippen molar-refractivity contribution in [1.29, 1.82) is 0 Å². The zero-order valence-electron chi connectivity index (χ0n) is 17.3. The van der Waals surface area contributed by atoms with Crippen LogP contribution < -0.4 is 0 Å². The lowest BCUT2D eigenvalue weighted by Crippen LogP contribution is -2.14.